The number of hydrogen-bond acceptors (Lipinski definition) is 13. The van der Waals surface area contributed by atoms with Crippen LogP contribution in [0.1, 0.15) is 102 Å². The predicted octanol–water partition coefficient (Wildman–Crippen LogP) is 5.07. The number of amides is 5. The van der Waals surface area contributed by atoms with Crippen LogP contribution in [0, 0.1) is 10.8 Å². The van der Waals surface area contributed by atoms with Crippen LogP contribution in [-0.4, -0.2) is 109 Å². The lowest BCUT2D eigenvalue weighted by molar-refractivity contribution is -0.137. The summed E-state index contributed by atoms with van der Waals surface area (Å²) in [6.07, 6.45) is 8.15. The summed E-state index contributed by atoms with van der Waals surface area (Å²) in [5.41, 5.74) is 3.52. The molecule has 3 aromatic carbocycles. The number of hydrogen-bond donors (Lipinski definition) is 8. The number of pyridine rings is 1. The number of ether oxygens (including phenoxy) is 3. The highest BCUT2D eigenvalue weighted by molar-refractivity contribution is 6.10. The van der Waals surface area contributed by atoms with Crippen molar-refractivity contribution in [2.24, 2.45) is 0 Å². The second-order valence-corrected chi connectivity index (χ2v) is 17.1. The number of nitrogens with zero attached hydrogens (tertiary/aromatic N) is 2. The third kappa shape index (κ3) is 12.9. The van der Waals surface area contributed by atoms with E-state index in [0.717, 1.165) is 30.6 Å². The van der Waals surface area contributed by atoms with Gasteiger partial charge in [0.1, 0.15) is 30.1 Å². The minimum Gasteiger partial charge on any atom is -0.494 e. The van der Waals surface area contributed by atoms with Crippen LogP contribution in [-0.2, 0) is 30.4 Å². The lowest BCUT2D eigenvalue weighted by Gasteiger charge is -2.40. The molecule has 0 aliphatic carbocycles. The number of imide groups is 1. The Hall–Kier alpha value is -7.02. The predicted molar refractivity (Wildman–Crippen MR) is 256 cm³/mol. The number of anilines is 2. The molecule has 2 fully saturated rings. The maximum atomic E-state index is 13.5. The van der Waals surface area contributed by atoms with Crippen molar-refractivity contribution in [2.45, 2.75) is 82.5 Å². The van der Waals surface area contributed by atoms with E-state index in [9.17, 15) is 24.0 Å². The molecule has 4 aromatic rings. The number of carbonyl (C=O) groups is 5. The van der Waals surface area contributed by atoms with Crippen LogP contribution >= 0.6 is 0 Å². The lowest BCUT2D eigenvalue weighted by atomic mass is 9.86. The standard InChI is InChI=1S/C50H60N10O8/c1-33(55-46(63)36-10-5-11-37(29-36)59-50(19-23-54-24-20-50)49(52)58-45(51)34-17-21-53-22-18-34)35-9-6-12-38(30-35)68-28-4-2-3-25-66-26-8-27-67-32-44(62)56-41-14-7-13-39-40(41)31-60(48(39)65)42-15-16-43(61)57-47(42)64/h5-7,9-14,17-18,21-22,29-30,33,42,54,59H,2-4,8,15-16,19-20,23-28,31-32H2,1H3,(H,55,63)(H,56,62)(H3,51,52,58)(H,57,61,64)/t33-,42?/m1/s1. The average molecular weight is 929 g/mol. The summed E-state index contributed by atoms with van der Waals surface area (Å²) in [4.78, 5) is 68.7. The number of amidine groups is 2. The molecule has 1 aromatic heterocycles. The minimum absolute atomic E-state index is 0.121. The van der Waals surface area contributed by atoms with Crippen molar-refractivity contribution in [1.29, 1.82) is 10.8 Å². The number of rotatable bonds is 22. The van der Waals surface area contributed by atoms with Crippen LogP contribution in [0.2, 0.25) is 0 Å². The number of fused-ring (bicyclic) bond motifs is 1. The van der Waals surface area contributed by atoms with Crippen molar-refractivity contribution in [3.8, 4) is 5.75 Å². The molecule has 358 valence electrons. The fraction of sp³-hybridized carbons (Fsp3) is 0.400. The maximum Gasteiger partial charge on any atom is 0.255 e. The molecular weight excluding hydrogens is 869 g/mol. The molecule has 7 rings (SSSR count). The molecule has 0 radical (unpaired) electrons. The molecule has 0 spiro atoms. The Kier molecular flexibility index (Phi) is 17.0. The third-order valence-electron chi connectivity index (χ3n) is 12.2. The SMILES string of the molecule is C[C@@H](NC(=O)c1cccc(NC2(C(=N)NC(=N)c3ccncc3)CCNCC2)c1)c1cccc(OCCCCCOCCCOCC(=O)Nc2cccc3c2CN(C2CCC(=O)NC2=O)C3=O)c1. The molecule has 0 bridgehead atoms. The zero-order valence-electron chi connectivity index (χ0n) is 38.3. The Morgan fingerprint density at radius 3 is 2.43 bits per heavy atom. The van der Waals surface area contributed by atoms with Crippen LogP contribution in [0.3, 0.4) is 0 Å². The molecule has 18 nitrogen and oxygen atoms in total. The van der Waals surface area contributed by atoms with Gasteiger partial charge in [0.25, 0.3) is 11.8 Å². The summed E-state index contributed by atoms with van der Waals surface area (Å²) >= 11 is 0. The van der Waals surface area contributed by atoms with Gasteiger partial charge in [0.15, 0.2) is 0 Å². The molecule has 3 aliphatic heterocycles. The Labute approximate surface area is 395 Å². The number of piperidine rings is 2. The van der Waals surface area contributed by atoms with E-state index in [1.165, 1.54) is 4.90 Å². The summed E-state index contributed by atoms with van der Waals surface area (Å²) in [5, 5.41) is 35.6. The highest BCUT2D eigenvalue weighted by Crippen LogP contribution is 2.33. The molecule has 1 unspecified atom stereocenters. The largest absolute Gasteiger partial charge is 0.494 e. The molecule has 18 heteroatoms. The topological polar surface area (TPSA) is 249 Å². The van der Waals surface area contributed by atoms with Crippen LogP contribution in [0.5, 0.6) is 5.75 Å². The molecule has 2 atom stereocenters. The summed E-state index contributed by atoms with van der Waals surface area (Å²) in [6.45, 7) is 5.30. The van der Waals surface area contributed by atoms with Crippen LogP contribution in [0.15, 0.2) is 91.3 Å². The van der Waals surface area contributed by atoms with Gasteiger partial charge in [-0.1, -0.05) is 24.3 Å². The summed E-state index contributed by atoms with van der Waals surface area (Å²) in [5.74, 6) is -0.694. The van der Waals surface area contributed by atoms with E-state index in [4.69, 9.17) is 25.0 Å². The van der Waals surface area contributed by atoms with Gasteiger partial charge in [0, 0.05) is 78.8 Å². The van der Waals surface area contributed by atoms with Crippen molar-refractivity contribution < 1.29 is 38.2 Å². The van der Waals surface area contributed by atoms with E-state index in [2.05, 4.69) is 36.9 Å². The van der Waals surface area contributed by atoms with Crippen molar-refractivity contribution in [1.82, 2.24) is 31.2 Å². The summed E-state index contributed by atoms with van der Waals surface area (Å²) in [7, 11) is 0. The molecule has 3 aliphatic rings. The van der Waals surface area contributed by atoms with E-state index in [-0.39, 0.29) is 67.3 Å². The molecule has 2 saturated heterocycles. The highest BCUT2D eigenvalue weighted by atomic mass is 16.5. The van der Waals surface area contributed by atoms with Crippen LogP contribution in [0.25, 0.3) is 0 Å². The fourth-order valence-corrected chi connectivity index (χ4v) is 8.47. The molecular formula is C50H60N10O8. The quantitative estimate of drug-likeness (QED) is 0.0223. The number of carbonyl (C=O) groups excluding carboxylic acids is 5. The zero-order chi connectivity index (χ0) is 47.9. The first-order chi connectivity index (χ1) is 33.0. The highest BCUT2D eigenvalue weighted by Gasteiger charge is 2.40. The Balaban J connectivity index is 0.755. The van der Waals surface area contributed by atoms with E-state index in [0.29, 0.717) is 92.4 Å². The van der Waals surface area contributed by atoms with Crippen molar-refractivity contribution in [3.63, 3.8) is 0 Å². The van der Waals surface area contributed by atoms with E-state index in [1.807, 2.05) is 43.3 Å². The second-order valence-electron chi connectivity index (χ2n) is 17.1. The van der Waals surface area contributed by atoms with E-state index < -0.39 is 17.5 Å². The molecule has 0 saturated carbocycles. The first-order valence-corrected chi connectivity index (χ1v) is 23.2. The van der Waals surface area contributed by atoms with Gasteiger partial charge in [0.05, 0.1) is 18.2 Å². The number of benzene rings is 3. The number of aromatic nitrogens is 1. The fourth-order valence-electron chi connectivity index (χ4n) is 8.47. The smallest absolute Gasteiger partial charge is 0.255 e. The normalized spacial score (nSPS) is 16.8. The van der Waals surface area contributed by atoms with Gasteiger partial charge in [0.2, 0.25) is 17.7 Å². The average Bonchev–Trinajstić information content (AvgIpc) is 3.68. The Morgan fingerprint density at radius 2 is 1.62 bits per heavy atom. The van der Waals surface area contributed by atoms with Gasteiger partial charge in [-0.25, -0.2) is 0 Å². The van der Waals surface area contributed by atoms with Gasteiger partial charge in [-0.15, -0.1) is 0 Å². The Bertz CT molecular complexity index is 2460. The third-order valence-corrected chi connectivity index (χ3v) is 12.2. The van der Waals surface area contributed by atoms with Crippen molar-refractivity contribution in [2.75, 3.05) is 56.8 Å². The molecule has 68 heavy (non-hydrogen) atoms. The first-order valence-electron chi connectivity index (χ1n) is 23.2. The summed E-state index contributed by atoms with van der Waals surface area (Å²) in [6, 6.07) is 22.5. The monoisotopic (exact) mass is 928 g/mol. The van der Waals surface area contributed by atoms with E-state index in [1.54, 1.807) is 54.9 Å². The molecule has 5 amide bonds. The molecule has 4 heterocycles. The number of nitrogens with one attached hydrogen (secondary N) is 8. The van der Waals surface area contributed by atoms with Crippen LogP contribution < -0.4 is 36.6 Å². The van der Waals surface area contributed by atoms with Gasteiger partial charge in [-0.3, -0.25) is 45.1 Å². The molecule has 8 N–H and O–H groups in total. The van der Waals surface area contributed by atoms with Gasteiger partial charge in [-0.05, 0) is 125 Å². The summed E-state index contributed by atoms with van der Waals surface area (Å²) < 4.78 is 17.4. The van der Waals surface area contributed by atoms with Gasteiger partial charge in [-0.2, -0.15) is 0 Å². The first kappa shape index (κ1) is 48.9. The Morgan fingerprint density at radius 1 is 0.868 bits per heavy atom. The number of unbranched alkanes of at least 4 members (excludes halogenated alkanes) is 2. The van der Waals surface area contributed by atoms with E-state index >= 15 is 0 Å². The zero-order valence-corrected chi connectivity index (χ0v) is 38.3. The van der Waals surface area contributed by atoms with Crippen molar-refractivity contribution in [3.05, 3.63) is 119 Å². The van der Waals surface area contributed by atoms with Crippen LogP contribution in [0.4, 0.5) is 11.4 Å². The van der Waals surface area contributed by atoms with Gasteiger partial charge >= 0.3 is 0 Å². The minimum atomic E-state index is -0.754. The second kappa shape index (κ2) is 23.6. The lowest BCUT2D eigenvalue weighted by Crippen LogP contribution is -2.58. The van der Waals surface area contributed by atoms with Gasteiger partial charge < -0.3 is 45.7 Å². The van der Waals surface area contributed by atoms with Crippen molar-refractivity contribution >= 4 is 52.6 Å². The maximum absolute atomic E-state index is 13.5.